The number of ether oxygens (including phenoxy) is 1. The van der Waals surface area contributed by atoms with Crippen molar-refractivity contribution in [3.05, 3.63) is 28.2 Å². The third kappa shape index (κ3) is 5.76. The van der Waals surface area contributed by atoms with Gasteiger partial charge in [0.1, 0.15) is 0 Å². The van der Waals surface area contributed by atoms with Gasteiger partial charge in [0.15, 0.2) is 0 Å². The molecule has 0 bridgehead atoms. The fourth-order valence-electron chi connectivity index (χ4n) is 1.34. The summed E-state index contributed by atoms with van der Waals surface area (Å²) in [6, 6.07) is 0. The lowest BCUT2D eigenvalue weighted by molar-refractivity contribution is 0.157. The van der Waals surface area contributed by atoms with Crippen molar-refractivity contribution in [2.75, 3.05) is 19.8 Å². The molecule has 1 N–H and O–H groups in total. The summed E-state index contributed by atoms with van der Waals surface area (Å²) in [5.41, 5.74) is 2.32. The first kappa shape index (κ1) is 15.3. The first-order valence-electron chi connectivity index (χ1n) is 6.27. The first-order valence-corrected chi connectivity index (χ1v) is 7.15. The van der Waals surface area contributed by atoms with Gasteiger partial charge in [-0.3, -0.25) is 0 Å². The molecule has 0 spiro atoms. The van der Waals surface area contributed by atoms with Gasteiger partial charge in [0.05, 0.1) is 23.9 Å². The first-order chi connectivity index (χ1) is 8.39. The molecule has 1 rings (SSSR count). The van der Waals surface area contributed by atoms with Crippen molar-refractivity contribution < 1.29 is 4.74 Å². The average Bonchev–Trinajstić information content (AvgIpc) is 2.71. The highest BCUT2D eigenvalue weighted by Gasteiger charge is 2.17. The van der Waals surface area contributed by atoms with Crippen molar-refractivity contribution in [1.29, 1.82) is 0 Å². The van der Waals surface area contributed by atoms with Crippen LogP contribution in [0.2, 0.25) is 0 Å². The van der Waals surface area contributed by atoms with E-state index in [9.17, 15) is 0 Å². The normalized spacial score (nSPS) is 11.8. The van der Waals surface area contributed by atoms with Crippen LogP contribution < -0.4 is 5.32 Å². The van der Waals surface area contributed by atoms with Gasteiger partial charge in [-0.15, -0.1) is 11.3 Å². The van der Waals surface area contributed by atoms with Crippen LogP contribution >= 0.6 is 11.3 Å². The highest BCUT2D eigenvalue weighted by molar-refractivity contribution is 7.09. The second kappa shape index (κ2) is 7.02. The smallest absolute Gasteiger partial charge is 0.0982 e. The van der Waals surface area contributed by atoms with E-state index in [-0.39, 0.29) is 5.41 Å². The summed E-state index contributed by atoms with van der Waals surface area (Å²) in [6.45, 7) is 15.3. The van der Waals surface area contributed by atoms with Crippen molar-refractivity contribution in [3.8, 4) is 0 Å². The molecule has 4 heteroatoms. The summed E-state index contributed by atoms with van der Waals surface area (Å²) in [5.74, 6) is 0. The van der Waals surface area contributed by atoms with E-state index < -0.39 is 0 Å². The minimum atomic E-state index is 0.146. The van der Waals surface area contributed by atoms with Gasteiger partial charge < -0.3 is 10.1 Å². The monoisotopic (exact) mass is 268 g/mol. The molecule has 0 atom stereocenters. The van der Waals surface area contributed by atoms with Crippen LogP contribution in [0.5, 0.6) is 0 Å². The van der Waals surface area contributed by atoms with Crippen molar-refractivity contribution in [1.82, 2.24) is 10.3 Å². The van der Waals surface area contributed by atoms with Crippen LogP contribution in [0.1, 0.15) is 38.4 Å². The summed E-state index contributed by atoms with van der Waals surface area (Å²) in [5, 5.41) is 6.65. The molecule has 0 amide bonds. The number of rotatable bonds is 7. The Morgan fingerprint density at radius 1 is 1.50 bits per heavy atom. The standard InChI is InChI=1S/C14H24N2OS/c1-11(2)9-17-7-6-15-8-12-10-18-13(16-12)14(3,4)5/h10,15H,1,6-9H2,2-5H3. The van der Waals surface area contributed by atoms with E-state index in [0.29, 0.717) is 13.2 Å². The zero-order chi connectivity index (χ0) is 13.6. The number of hydrogen-bond donors (Lipinski definition) is 1. The average molecular weight is 268 g/mol. The van der Waals surface area contributed by atoms with E-state index >= 15 is 0 Å². The summed E-state index contributed by atoms with van der Waals surface area (Å²) in [4.78, 5) is 4.63. The van der Waals surface area contributed by atoms with Crippen LogP contribution in [-0.2, 0) is 16.7 Å². The minimum absolute atomic E-state index is 0.146. The topological polar surface area (TPSA) is 34.1 Å². The molecule has 1 aromatic rings. The highest BCUT2D eigenvalue weighted by atomic mass is 32.1. The maximum atomic E-state index is 5.41. The van der Waals surface area contributed by atoms with Gasteiger partial charge in [-0.1, -0.05) is 32.9 Å². The Balaban J connectivity index is 2.20. The lowest BCUT2D eigenvalue weighted by atomic mass is 9.98. The van der Waals surface area contributed by atoms with Crippen LogP contribution in [0.15, 0.2) is 17.5 Å². The van der Waals surface area contributed by atoms with Crippen molar-refractivity contribution in [3.63, 3.8) is 0 Å². The number of nitrogens with one attached hydrogen (secondary N) is 1. The molecule has 102 valence electrons. The third-order valence-electron chi connectivity index (χ3n) is 2.27. The third-order valence-corrected chi connectivity index (χ3v) is 3.59. The lowest BCUT2D eigenvalue weighted by Gasteiger charge is -2.13. The Morgan fingerprint density at radius 2 is 2.22 bits per heavy atom. The lowest BCUT2D eigenvalue weighted by Crippen LogP contribution is -2.20. The maximum absolute atomic E-state index is 5.41. The van der Waals surface area contributed by atoms with E-state index in [4.69, 9.17) is 4.74 Å². The Morgan fingerprint density at radius 3 is 2.78 bits per heavy atom. The molecule has 0 aromatic carbocycles. The molecule has 3 nitrogen and oxygen atoms in total. The Kier molecular flexibility index (Phi) is 5.99. The molecule has 0 radical (unpaired) electrons. The molecule has 18 heavy (non-hydrogen) atoms. The fourth-order valence-corrected chi connectivity index (χ4v) is 2.25. The van der Waals surface area contributed by atoms with Gasteiger partial charge >= 0.3 is 0 Å². The molecule has 1 aromatic heterocycles. The number of nitrogens with zero attached hydrogens (tertiary/aromatic N) is 1. The zero-order valence-corrected chi connectivity index (χ0v) is 12.7. The largest absolute Gasteiger partial charge is 0.376 e. The Labute approximate surface area is 114 Å². The van der Waals surface area contributed by atoms with E-state index in [2.05, 4.69) is 43.0 Å². The van der Waals surface area contributed by atoms with Crippen LogP contribution in [0.4, 0.5) is 0 Å². The van der Waals surface area contributed by atoms with E-state index in [1.165, 1.54) is 5.01 Å². The highest BCUT2D eigenvalue weighted by Crippen LogP contribution is 2.25. The van der Waals surface area contributed by atoms with Crippen LogP contribution in [0, 0.1) is 0 Å². The molecule has 0 aliphatic heterocycles. The van der Waals surface area contributed by atoms with Gasteiger partial charge in [-0.2, -0.15) is 0 Å². The SMILES string of the molecule is C=C(C)COCCNCc1csc(C(C)(C)C)n1. The molecule has 0 aliphatic rings. The quantitative estimate of drug-likeness (QED) is 0.609. The molecular formula is C14H24N2OS. The van der Waals surface area contributed by atoms with Gasteiger partial charge in [0.2, 0.25) is 0 Å². The summed E-state index contributed by atoms with van der Waals surface area (Å²) in [6.07, 6.45) is 0. The summed E-state index contributed by atoms with van der Waals surface area (Å²) < 4.78 is 5.41. The molecule has 1 heterocycles. The minimum Gasteiger partial charge on any atom is -0.376 e. The second-order valence-electron chi connectivity index (χ2n) is 5.58. The molecule has 0 saturated heterocycles. The number of thiazole rings is 1. The maximum Gasteiger partial charge on any atom is 0.0982 e. The van der Waals surface area contributed by atoms with Crippen molar-refractivity contribution >= 4 is 11.3 Å². The number of hydrogen-bond acceptors (Lipinski definition) is 4. The molecular weight excluding hydrogens is 244 g/mol. The number of aromatic nitrogens is 1. The van der Waals surface area contributed by atoms with Gasteiger partial charge in [-0.25, -0.2) is 4.98 Å². The van der Waals surface area contributed by atoms with Crippen LogP contribution in [0.3, 0.4) is 0 Å². The Bertz CT molecular complexity index is 379. The second-order valence-corrected chi connectivity index (χ2v) is 6.44. The summed E-state index contributed by atoms with van der Waals surface area (Å²) in [7, 11) is 0. The molecule has 0 fully saturated rings. The van der Waals surface area contributed by atoms with Crippen molar-refractivity contribution in [2.45, 2.75) is 39.7 Å². The van der Waals surface area contributed by atoms with E-state index in [1.807, 2.05) is 6.92 Å². The van der Waals surface area contributed by atoms with E-state index in [1.54, 1.807) is 11.3 Å². The Hall–Kier alpha value is -0.710. The van der Waals surface area contributed by atoms with Gasteiger partial charge in [0, 0.05) is 23.9 Å². The van der Waals surface area contributed by atoms with Crippen molar-refractivity contribution in [2.24, 2.45) is 0 Å². The molecule has 0 aliphatic carbocycles. The summed E-state index contributed by atoms with van der Waals surface area (Å²) >= 11 is 1.73. The van der Waals surface area contributed by atoms with Crippen LogP contribution in [-0.4, -0.2) is 24.7 Å². The van der Waals surface area contributed by atoms with Gasteiger partial charge in [-0.05, 0) is 6.92 Å². The predicted molar refractivity (Wildman–Crippen MR) is 78.2 cm³/mol. The zero-order valence-electron chi connectivity index (χ0n) is 11.9. The van der Waals surface area contributed by atoms with E-state index in [0.717, 1.165) is 24.4 Å². The van der Waals surface area contributed by atoms with Gasteiger partial charge in [0.25, 0.3) is 0 Å². The molecule has 0 unspecified atom stereocenters. The predicted octanol–water partition coefficient (Wildman–Crippen LogP) is 3.12. The fraction of sp³-hybridized carbons (Fsp3) is 0.643. The molecule has 0 saturated carbocycles. The van der Waals surface area contributed by atoms with Crippen LogP contribution in [0.25, 0.3) is 0 Å².